The number of esters is 1. The van der Waals surface area contributed by atoms with Crippen LogP contribution in [-0.2, 0) is 20.7 Å². The molecule has 22 heavy (non-hydrogen) atoms. The number of imide groups is 1. The third kappa shape index (κ3) is 6.25. The van der Waals surface area contributed by atoms with E-state index in [1.807, 2.05) is 23.5 Å². The Morgan fingerprint density at radius 1 is 1.18 bits per heavy atom. The third-order valence-corrected chi connectivity index (χ3v) is 2.75. The first kappa shape index (κ1) is 17.5. The molecule has 0 heterocycles. The molecule has 7 nitrogen and oxygen atoms in total. The van der Waals surface area contributed by atoms with E-state index in [1.54, 1.807) is 20.1 Å². The van der Waals surface area contributed by atoms with Crippen LogP contribution in [0.3, 0.4) is 0 Å². The molecule has 0 radical (unpaired) electrons. The molecular formula is C15H20N2O5. The number of carbonyl (C=O) groups excluding carboxylic acids is 3. The van der Waals surface area contributed by atoms with E-state index in [0.29, 0.717) is 18.7 Å². The van der Waals surface area contributed by atoms with Crippen LogP contribution in [0.2, 0.25) is 0 Å². The monoisotopic (exact) mass is 308 g/mol. The van der Waals surface area contributed by atoms with Crippen LogP contribution in [0.1, 0.15) is 18.9 Å². The van der Waals surface area contributed by atoms with Gasteiger partial charge in [-0.2, -0.15) is 0 Å². The number of carbonyl (C=O) groups is 3. The fourth-order valence-electron chi connectivity index (χ4n) is 1.73. The van der Waals surface area contributed by atoms with Crippen molar-refractivity contribution in [2.75, 3.05) is 20.3 Å². The number of para-hydroxylation sites is 1. The van der Waals surface area contributed by atoms with Crippen LogP contribution in [0.15, 0.2) is 24.3 Å². The number of hydrogen-bond donors (Lipinski definition) is 2. The molecule has 0 saturated carbocycles. The second-order valence-electron chi connectivity index (χ2n) is 4.38. The number of methoxy groups -OCH3 is 1. The van der Waals surface area contributed by atoms with Gasteiger partial charge in [0.05, 0.1) is 7.11 Å². The molecule has 0 bridgehead atoms. The van der Waals surface area contributed by atoms with Gasteiger partial charge in [-0.05, 0) is 25.0 Å². The van der Waals surface area contributed by atoms with E-state index in [4.69, 9.17) is 9.47 Å². The standard InChI is InChI=1S/C15H20N2O5/c1-3-16-15(20)17-13(18)10-22-14(19)9-8-11-6-4-5-7-12(11)21-2/h4-7H,3,8-10H2,1-2H3,(H2,16,17,18,20). The van der Waals surface area contributed by atoms with Gasteiger partial charge in [-0.25, -0.2) is 4.79 Å². The smallest absolute Gasteiger partial charge is 0.321 e. The number of benzene rings is 1. The number of nitrogens with one attached hydrogen (secondary N) is 2. The molecule has 0 aromatic heterocycles. The van der Waals surface area contributed by atoms with E-state index < -0.39 is 24.5 Å². The Morgan fingerprint density at radius 2 is 1.91 bits per heavy atom. The second kappa shape index (κ2) is 9.38. The predicted molar refractivity (Wildman–Crippen MR) is 79.5 cm³/mol. The highest BCUT2D eigenvalue weighted by Gasteiger charge is 2.11. The van der Waals surface area contributed by atoms with Gasteiger partial charge in [-0.3, -0.25) is 14.9 Å². The summed E-state index contributed by atoms with van der Waals surface area (Å²) in [6.07, 6.45) is 0.565. The number of ether oxygens (including phenoxy) is 2. The quantitative estimate of drug-likeness (QED) is 0.733. The van der Waals surface area contributed by atoms with Crippen LogP contribution in [0.4, 0.5) is 4.79 Å². The second-order valence-corrected chi connectivity index (χ2v) is 4.38. The summed E-state index contributed by atoms with van der Waals surface area (Å²) in [5.74, 6) is -0.488. The lowest BCUT2D eigenvalue weighted by molar-refractivity contribution is -0.148. The molecule has 0 fully saturated rings. The average molecular weight is 308 g/mol. The minimum atomic E-state index is -0.670. The predicted octanol–water partition coefficient (Wildman–Crippen LogP) is 1.02. The van der Waals surface area contributed by atoms with Gasteiger partial charge in [0.2, 0.25) is 0 Å². The molecular weight excluding hydrogens is 288 g/mol. The third-order valence-electron chi connectivity index (χ3n) is 2.75. The summed E-state index contributed by atoms with van der Waals surface area (Å²) in [5.41, 5.74) is 0.883. The van der Waals surface area contributed by atoms with Gasteiger partial charge >= 0.3 is 12.0 Å². The molecule has 0 saturated heterocycles. The lowest BCUT2D eigenvalue weighted by Crippen LogP contribution is -2.41. The van der Waals surface area contributed by atoms with Gasteiger partial charge in [0, 0.05) is 13.0 Å². The van der Waals surface area contributed by atoms with Crippen molar-refractivity contribution in [2.24, 2.45) is 0 Å². The molecule has 0 aliphatic carbocycles. The van der Waals surface area contributed by atoms with Crippen molar-refractivity contribution in [1.82, 2.24) is 10.6 Å². The minimum absolute atomic E-state index is 0.120. The molecule has 7 heteroatoms. The zero-order chi connectivity index (χ0) is 16.4. The Hall–Kier alpha value is -2.57. The molecule has 3 amide bonds. The fraction of sp³-hybridized carbons (Fsp3) is 0.400. The zero-order valence-electron chi connectivity index (χ0n) is 12.7. The molecule has 0 aliphatic rings. The topological polar surface area (TPSA) is 93.7 Å². The number of rotatable bonds is 7. The van der Waals surface area contributed by atoms with Crippen molar-refractivity contribution in [3.05, 3.63) is 29.8 Å². The Labute approximate surface area is 129 Å². The number of urea groups is 1. The van der Waals surface area contributed by atoms with Crippen LogP contribution in [-0.4, -0.2) is 38.2 Å². The molecule has 0 aliphatic heterocycles. The van der Waals surface area contributed by atoms with E-state index in [-0.39, 0.29) is 6.42 Å². The average Bonchev–Trinajstić information content (AvgIpc) is 2.51. The first-order valence-electron chi connectivity index (χ1n) is 6.92. The summed E-state index contributed by atoms with van der Waals surface area (Å²) >= 11 is 0. The Kier molecular flexibility index (Phi) is 7.45. The van der Waals surface area contributed by atoms with E-state index in [9.17, 15) is 14.4 Å². The fourth-order valence-corrected chi connectivity index (χ4v) is 1.73. The first-order valence-corrected chi connectivity index (χ1v) is 6.92. The highest BCUT2D eigenvalue weighted by molar-refractivity contribution is 5.95. The maximum Gasteiger partial charge on any atom is 0.321 e. The van der Waals surface area contributed by atoms with Crippen molar-refractivity contribution in [1.29, 1.82) is 0 Å². The normalized spacial score (nSPS) is 9.73. The van der Waals surface area contributed by atoms with E-state index in [0.717, 1.165) is 5.56 Å². The summed E-state index contributed by atoms with van der Waals surface area (Å²) < 4.78 is 9.99. The van der Waals surface area contributed by atoms with E-state index in [1.165, 1.54) is 0 Å². The van der Waals surface area contributed by atoms with Crippen molar-refractivity contribution in [3.63, 3.8) is 0 Å². The van der Waals surface area contributed by atoms with Gasteiger partial charge in [0.25, 0.3) is 5.91 Å². The van der Waals surface area contributed by atoms with Gasteiger partial charge in [0.15, 0.2) is 6.61 Å². The number of amides is 3. The molecule has 1 rings (SSSR count). The number of aryl methyl sites for hydroxylation is 1. The SMILES string of the molecule is CCNC(=O)NC(=O)COC(=O)CCc1ccccc1OC. The Morgan fingerprint density at radius 3 is 2.59 bits per heavy atom. The molecule has 0 atom stereocenters. The summed E-state index contributed by atoms with van der Waals surface area (Å²) in [7, 11) is 1.56. The van der Waals surface area contributed by atoms with Crippen molar-refractivity contribution in [2.45, 2.75) is 19.8 Å². The van der Waals surface area contributed by atoms with Crippen LogP contribution in [0.5, 0.6) is 5.75 Å². The van der Waals surface area contributed by atoms with Crippen molar-refractivity contribution >= 4 is 17.9 Å². The summed E-state index contributed by atoms with van der Waals surface area (Å²) in [5, 5.41) is 4.44. The lowest BCUT2D eigenvalue weighted by Gasteiger charge is -2.08. The molecule has 2 N–H and O–H groups in total. The van der Waals surface area contributed by atoms with Crippen LogP contribution in [0.25, 0.3) is 0 Å². The largest absolute Gasteiger partial charge is 0.496 e. The van der Waals surface area contributed by atoms with E-state index >= 15 is 0 Å². The minimum Gasteiger partial charge on any atom is -0.496 e. The van der Waals surface area contributed by atoms with Crippen molar-refractivity contribution < 1.29 is 23.9 Å². The highest BCUT2D eigenvalue weighted by Crippen LogP contribution is 2.18. The van der Waals surface area contributed by atoms with Crippen LogP contribution < -0.4 is 15.4 Å². The zero-order valence-corrected chi connectivity index (χ0v) is 12.7. The van der Waals surface area contributed by atoms with Gasteiger partial charge < -0.3 is 14.8 Å². The summed E-state index contributed by atoms with van der Waals surface area (Å²) in [4.78, 5) is 34.0. The Bertz CT molecular complexity index is 530. The summed E-state index contributed by atoms with van der Waals surface area (Å²) in [6.45, 7) is 1.64. The number of hydrogen-bond acceptors (Lipinski definition) is 5. The van der Waals surface area contributed by atoms with Crippen LogP contribution >= 0.6 is 0 Å². The summed E-state index contributed by atoms with van der Waals surface area (Å²) in [6, 6.07) is 6.74. The molecule has 1 aromatic carbocycles. The van der Waals surface area contributed by atoms with Crippen LogP contribution in [0, 0.1) is 0 Å². The molecule has 1 aromatic rings. The highest BCUT2D eigenvalue weighted by atomic mass is 16.5. The van der Waals surface area contributed by atoms with Gasteiger partial charge in [-0.1, -0.05) is 18.2 Å². The van der Waals surface area contributed by atoms with Crippen molar-refractivity contribution in [3.8, 4) is 5.75 Å². The first-order chi connectivity index (χ1) is 10.6. The Balaban J connectivity index is 2.32. The van der Waals surface area contributed by atoms with Gasteiger partial charge in [0.1, 0.15) is 5.75 Å². The molecule has 120 valence electrons. The van der Waals surface area contributed by atoms with Gasteiger partial charge in [-0.15, -0.1) is 0 Å². The lowest BCUT2D eigenvalue weighted by atomic mass is 10.1. The van der Waals surface area contributed by atoms with E-state index in [2.05, 4.69) is 5.32 Å². The molecule has 0 spiro atoms. The maximum absolute atomic E-state index is 11.6. The maximum atomic E-state index is 11.6. The molecule has 0 unspecified atom stereocenters.